The maximum atomic E-state index is 13.5. The van der Waals surface area contributed by atoms with Gasteiger partial charge in [-0.2, -0.15) is 0 Å². The highest BCUT2D eigenvalue weighted by Gasteiger charge is 2.66. The minimum atomic E-state index is -3.53. The highest BCUT2D eigenvalue weighted by molar-refractivity contribution is 7.92. The molecule has 1 aliphatic heterocycles. The van der Waals surface area contributed by atoms with Crippen LogP contribution < -0.4 is 0 Å². The molecule has 3 fully saturated rings. The number of ether oxygens (including phenoxy) is 1. The molecule has 0 aromatic rings. The molecule has 30 heavy (non-hydrogen) atoms. The lowest BCUT2D eigenvalue weighted by Crippen LogP contribution is -2.64. The predicted octanol–water partition coefficient (Wildman–Crippen LogP) is 4.09. The molecule has 2 unspecified atom stereocenters. The predicted molar refractivity (Wildman–Crippen MR) is 114 cm³/mol. The number of carbonyl (C=O) groups is 1. The van der Waals surface area contributed by atoms with E-state index in [1.54, 1.807) is 0 Å². The van der Waals surface area contributed by atoms with Crippen molar-refractivity contribution in [2.24, 2.45) is 34.0 Å². The van der Waals surface area contributed by atoms with E-state index in [1.807, 2.05) is 0 Å². The average Bonchev–Trinajstić information content (AvgIpc) is 2.61. The summed E-state index contributed by atoms with van der Waals surface area (Å²) in [4.78, 5) is 10.8. The van der Waals surface area contributed by atoms with Crippen LogP contribution in [-0.2, 0) is 19.4 Å². The lowest BCUT2D eigenvalue weighted by atomic mass is 9.41. The lowest BCUT2D eigenvalue weighted by Gasteiger charge is -2.66. The fourth-order valence-electron chi connectivity index (χ4n) is 7.75. The second-order valence-corrected chi connectivity index (χ2v) is 13.3. The number of carboxylic acid groups (broad SMARTS) is 1. The van der Waals surface area contributed by atoms with Gasteiger partial charge in [0, 0.05) is 12.0 Å². The Morgan fingerprint density at radius 2 is 1.83 bits per heavy atom. The van der Waals surface area contributed by atoms with Gasteiger partial charge in [-0.05, 0) is 59.8 Å². The zero-order valence-corrected chi connectivity index (χ0v) is 19.2. The van der Waals surface area contributed by atoms with Crippen LogP contribution in [0.2, 0.25) is 0 Å². The maximum absolute atomic E-state index is 13.5. The Labute approximate surface area is 179 Å². The molecule has 4 rings (SSSR count). The molecule has 0 aromatic carbocycles. The highest BCUT2D eigenvalue weighted by Crippen LogP contribution is 2.68. The Kier molecular flexibility index (Phi) is 4.89. The van der Waals surface area contributed by atoms with E-state index in [1.165, 1.54) is 18.6 Å². The minimum absolute atomic E-state index is 0.00998. The van der Waals surface area contributed by atoms with E-state index in [0.717, 1.165) is 25.7 Å². The molecule has 6 nitrogen and oxygen atoms in total. The summed E-state index contributed by atoms with van der Waals surface area (Å²) in [5.74, 6) is -0.944. The van der Waals surface area contributed by atoms with Crippen LogP contribution in [0, 0.1) is 34.0 Å². The number of fused-ring (bicyclic) bond motifs is 5. The van der Waals surface area contributed by atoms with Gasteiger partial charge in [0.25, 0.3) is 0 Å². The number of hydrogen-bond donors (Lipinski definition) is 2. The molecule has 0 amide bonds. The largest absolute Gasteiger partial charge is 0.512 e. The van der Waals surface area contributed by atoms with Gasteiger partial charge in [-0.1, -0.05) is 34.1 Å². The van der Waals surface area contributed by atoms with Crippen LogP contribution in [0.4, 0.5) is 0 Å². The Morgan fingerprint density at radius 1 is 1.13 bits per heavy atom. The van der Waals surface area contributed by atoms with Gasteiger partial charge in [-0.25, -0.2) is 13.2 Å². The lowest BCUT2D eigenvalue weighted by molar-refractivity contribution is -0.142. The third-order valence-corrected chi connectivity index (χ3v) is 11.0. The van der Waals surface area contributed by atoms with Gasteiger partial charge < -0.3 is 14.9 Å². The fourth-order valence-corrected chi connectivity index (χ4v) is 10.4. The number of aliphatic carboxylic acids is 1. The molecule has 2 N–H and O–H groups in total. The summed E-state index contributed by atoms with van der Waals surface area (Å²) in [6.07, 6.45) is 8.18. The number of aliphatic hydroxyl groups excluding tert-OH is 1. The Balaban J connectivity index is 1.75. The first-order chi connectivity index (χ1) is 13.8. The van der Waals surface area contributed by atoms with E-state index in [2.05, 4.69) is 27.7 Å². The number of carboxylic acids is 1. The smallest absolute Gasteiger partial charge is 0.341 e. The number of hydrogen-bond acceptors (Lipinski definition) is 5. The van der Waals surface area contributed by atoms with Crippen LogP contribution in [0.1, 0.15) is 59.8 Å². The molecule has 0 bridgehead atoms. The maximum Gasteiger partial charge on any atom is 0.341 e. The van der Waals surface area contributed by atoms with E-state index in [9.17, 15) is 18.3 Å². The third kappa shape index (κ3) is 3.10. The molecular weight excluding hydrogens is 404 g/mol. The number of rotatable bonds is 3. The van der Waals surface area contributed by atoms with Gasteiger partial charge in [-0.3, -0.25) is 0 Å². The first kappa shape index (κ1) is 21.7. The van der Waals surface area contributed by atoms with Crippen molar-refractivity contribution in [2.45, 2.75) is 65.0 Å². The number of sulfone groups is 1. The van der Waals surface area contributed by atoms with Gasteiger partial charge in [0.05, 0.1) is 11.0 Å². The molecule has 0 spiro atoms. The van der Waals surface area contributed by atoms with Crippen LogP contribution >= 0.6 is 0 Å². The van der Waals surface area contributed by atoms with E-state index < -0.39 is 33.6 Å². The minimum Gasteiger partial charge on any atom is -0.512 e. The van der Waals surface area contributed by atoms with Gasteiger partial charge in [-0.15, -0.1) is 0 Å². The Morgan fingerprint density at radius 3 is 2.50 bits per heavy atom. The summed E-state index contributed by atoms with van der Waals surface area (Å²) in [5, 5.41) is 19.0. The standard InChI is InChI=1S/C23H34O6S/c1-21(2)7-5-8-22(3)17(21)6-9-23(4)18(22)13-30(27,28)16-11-14(29-12-19(25)26)10-15(24)20(16)23/h10-11,16-18,20,24H,5-9,12-13H2,1-4H3,(H,25,26)/t16?,17-,18+,20?,22-,23+/m0/s1. The molecule has 6 atom stereocenters. The molecule has 0 aromatic heterocycles. The first-order valence-electron chi connectivity index (χ1n) is 11.0. The summed E-state index contributed by atoms with van der Waals surface area (Å²) < 4.78 is 32.2. The van der Waals surface area contributed by atoms with E-state index in [4.69, 9.17) is 9.84 Å². The van der Waals surface area contributed by atoms with Gasteiger partial charge in [0.15, 0.2) is 16.4 Å². The average molecular weight is 439 g/mol. The summed E-state index contributed by atoms with van der Waals surface area (Å²) in [6, 6.07) is 0. The van der Waals surface area contributed by atoms with Crippen molar-refractivity contribution in [3.8, 4) is 0 Å². The SMILES string of the molecule is CC1(C)CCC[C@]2(C)[C@H]3CS(=O)(=O)C4C=C(OCC(=O)O)C=C(O)C4[C@]3(C)CC[C@@H]12. The molecule has 0 radical (unpaired) electrons. The quantitative estimate of drug-likeness (QED) is 0.688. The van der Waals surface area contributed by atoms with Crippen molar-refractivity contribution in [2.75, 3.05) is 12.4 Å². The van der Waals surface area contributed by atoms with Crippen molar-refractivity contribution in [3.05, 3.63) is 23.7 Å². The first-order valence-corrected chi connectivity index (χ1v) is 12.7. The molecule has 7 heteroatoms. The van der Waals surface area contributed by atoms with Crippen LogP contribution in [0.15, 0.2) is 23.7 Å². The highest BCUT2D eigenvalue weighted by atomic mass is 32.2. The molecule has 1 heterocycles. The van der Waals surface area contributed by atoms with Crippen molar-refractivity contribution in [3.63, 3.8) is 0 Å². The van der Waals surface area contributed by atoms with Crippen molar-refractivity contribution in [1.29, 1.82) is 0 Å². The second-order valence-electron chi connectivity index (χ2n) is 11.1. The molecule has 168 valence electrons. The summed E-state index contributed by atoms with van der Waals surface area (Å²) in [7, 11) is -3.53. The van der Waals surface area contributed by atoms with Crippen molar-refractivity contribution >= 4 is 15.8 Å². The molecule has 2 saturated carbocycles. The van der Waals surface area contributed by atoms with Crippen LogP contribution in [0.5, 0.6) is 0 Å². The molecule has 4 aliphatic rings. The van der Waals surface area contributed by atoms with Crippen LogP contribution in [0.25, 0.3) is 0 Å². The van der Waals surface area contributed by atoms with E-state index >= 15 is 0 Å². The fraction of sp³-hybridized carbons (Fsp3) is 0.783. The van der Waals surface area contributed by atoms with Gasteiger partial charge >= 0.3 is 5.97 Å². The topological polar surface area (TPSA) is 101 Å². The zero-order valence-electron chi connectivity index (χ0n) is 18.3. The monoisotopic (exact) mass is 438 g/mol. The van der Waals surface area contributed by atoms with E-state index in [-0.39, 0.29) is 39.4 Å². The summed E-state index contributed by atoms with van der Waals surface area (Å²) in [6.45, 7) is 8.53. The summed E-state index contributed by atoms with van der Waals surface area (Å²) >= 11 is 0. The summed E-state index contributed by atoms with van der Waals surface area (Å²) in [5.41, 5.74) is -0.210. The van der Waals surface area contributed by atoms with Crippen LogP contribution in [-0.4, -0.2) is 42.2 Å². The van der Waals surface area contributed by atoms with Crippen LogP contribution in [0.3, 0.4) is 0 Å². The molecule has 1 saturated heterocycles. The molecular formula is C23H34O6S. The number of allylic oxidation sites excluding steroid dienone is 2. The van der Waals surface area contributed by atoms with Crippen molar-refractivity contribution < 1.29 is 28.2 Å². The Bertz CT molecular complexity index is 916. The Hall–Kier alpha value is -1.50. The number of aliphatic hydroxyl groups is 1. The van der Waals surface area contributed by atoms with Gasteiger partial charge in [0.2, 0.25) is 0 Å². The normalized spacial score (nSPS) is 43.9. The second kappa shape index (κ2) is 6.75. The third-order valence-electron chi connectivity index (χ3n) is 8.99. The molecule has 3 aliphatic carbocycles. The van der Waals surface area contributed by atoms with Gasteiger partial charge in [0.1, 0.15) is 11.5 Å². The van der Waals surface area contributed by atoms with Crippen molar-refractivity contribution in [1.82, 2.24) is 0 Å². The van der Waals surface area contributed by atoms with E-state index in [0.29, 0.717) is 5.92 Å². The zero-order chi connectivity index (χ0) is 22.1.